The number of rotatable bonds is 7. The number of nitrogens with zero attached hydrogens (tertiary/aromatic N) is 1. The molecule has 0 radical (unpaired) electrons. The standard InChI is InChI=1S/C23H34N4O2.HI/c1-17-10-11-21(29-17)19(3)26-22(24-4)25-16-23(12-14-28-15-13-23)27-18(2)20-8-6-5-7-9-20;/h5-11,18-19,27H,12-16H2,1-4H3,(H2,24,25,26);1H. The van der Waals surface area contributed by atoms with Crippen LogP contribution in [0.15, 0.2) is 51.9 Å². The molecule has 1 aliphatic rings. The molecule has 7 heteroatoms. The highest BCUT2D eigenvalue weighted by atomic mass is 127. The molecule has 2 unspecified atom stereocenters. The lowest BCUT2D eigenvalue weighted by Gasteiger charge is -2.41. The number of nitrogens with one attached hydrogen (secondary N) is 3. The van der Waals surface area contributed by atoms with E-state index in [0.717, 1.165) is 50.1 Å². The Balaban J connectivity index is 0.00000320. The number of halogens is 1. The summed E-state index contributed by atoms with van der Waals surface area (Å²) in [6.45, 7) is 8.56. The molecule has 1 aliphatic heterocycles. The van der Waals surface area contributed by atoms with Crippen LogP contribution in [0, 0.1) is 6.92 Å². The second-order valence-corrected chi connectivity index (χ2v) is 7.91. The molecule has 30 heavy (non-hydrogen) atoms. The maximum Gasteiger partial charge on any atom is 0.191 e. The SMILES string of the molecule is CN=C(NCC1(NC(C)c2ccccc2)CCOCC1)NC(C)c1ccc(C)o1.I. The van der Waals surface area contributed by atoms with Crippen molar-refractivity contribution in [3.8, 4) is 0 Å². The van der Waals surface area contributed by atoms with Crippen molar-refractivity contribution in [3.63, 3.8) is 0 Å². The average molecular weight is 526 g/mol. The zero-order valence-corrected chi connectivity index (χ0v) is 20.7. The number of hydrogen-bond donors (Lipinski definition) is 3. The highest BCUT2D eigenvalue weighted by Gasteiger charge is 2.34. The third kappa shape index (κ3) is 6.72. The minimum Gasteiger partial charge on any atom is -0.464 e. The van der Waals surface area contributed by atoms with E-state index < -0.39 is 0 Å². The molecule has 0 saturated carbocycles. The van der Waals surface area contributed by atoms with Gasteiger partial charge in [-0.3, -0.25) is 4.99 Å². The van der Waals surface area contributed by atoms with Crippen molar-refractivity contribution in [1.82, 2.24) is 16.0 Å². The van der Waals surface area contributed by atoms with Crippen LogP contribution in [0.25, 0.3) is 0 Å². The zero-order valence-electron chi connectivity index (χ0n) is 18.4. The number of benzene rings is 1. The summed E-state index contributed by atoms with van der Waals surface area (Å²) in [5.74, 6) is 2.59. The fourth-order valence-corrected chi connectivity index (χ4v) is 3.83. The van der Waals surface area contributed by atoms with Crippen molar-refractivity contribution >= 4 is 29.9 Å². The molecule has 0 bridgehead atoms. The summed E-state index contributed by atoms with van der Waals surface area (Å²) >= 11 is 0. The normalized spacial score (nSPS) is 18.2. The number of hydrogen-bond acceptors (Lipinski definition) is 4. The van der Waals surface area contributed by atoms with Gasteiger partial charge in [-0.05, 0) is 51.3 Å². The third-order valence-electron chi connectivity index (χ3n) is 5.63. The molecule has 166 valence electrons. The summed E-state index contributed by atoms with van der Waals surface area (Å²) in [5, 5.41) is 10.8. The summed E-state index contributed by atoms with van der Waals surface area (Å²) in [6, 6.07) is 14.9. The van der Waals surface area contributed by atoms with E-state index in [9.17, 15) is 0 Å². The van der Waals surface area contributed by atoms with Crippen LogP contribution in [0.4, 0.5) is 0 Å². The summed E-state index contributed by atoms with van der Waals surface area (Å²) in [6.07, 6.45) is 1.92. The number of guanidine groups is 1. The van der Waals surface area contributed by atoms with Gasteiger partial charge in [0.25, 0.3) is 0 Å². The lowest BCUT2D eigenvalue weighted by atomic mass is 9.88. The fraction of sp³-hybridized carbons (Fsp3) is 0.522. The molecule has 1 aromatic carbocycles. The van der Waals surface area contributed by atoms with Gasteiger partial charge in [0.15, 0.2) is 5.96 Å². The second-order valence-electron chi connectivity index (χ2n) is 7.91. The molecule has 2 atom stereocenters. The van der Waals surface area contributed by atoms with Gasteiger partial charge in [0.1, 0.15) is 11.5 Å². The van der Waals surface area contributed by atoms with Gasteiger partial charge in [0, 0.05) is 38.4 Å². The van der Waals surface area contributed by atoms with E-state index in [1.54, 1.807) is 7.05 Å². The van der Waals surface area contributed by atoms with Gasteiger partial charge in [-0.25, -0.2) is 0 Å². The summed E-state index contributed by atoms with van der Waals surface area (Å²) in [5.41, 5.74) is 1.25. The van der Waals surface area contributed by atoms with E-state index >= 15 is 0 Å². The van der Waals surface area contributed by atoms with Crippen molar-refractivity contribution in [2.45, 2.75) is 51.2 Å². The molecular formula is C23H35IN4O2. The van der Waals surface area contributed by atoms with Crippen molar-refractivity contribution in [2.24, 2.45) is 4.99 Å². The Bertz CT molecular complexity index is 788. The predicted molar refractivity (Wildman–Crippen MR) is 133 cm³/mol. The van der Waals surface area contributed by atoms with Crippen LogP contribution in [0.2, 0.25) is 0 Å². The number of furan rings is 1. The van der Waals surface area contributed by atoms with Crippen LogP contribution in [-0.4, -0.2) is 38.3 Å². The lowest BCUT2D eigenvalue weighted by molar-refractivity contribution is 0.0354. The van der Waals surface area contributed by atoms with Crippen LogP contribution in [0.3, 0.4) is 0 Å². The first-order chi connectivity index (χ1) is 14.0. The maximum absolute atomic E-state index is 5.73. The van der Waals surface area contributed by atoms with Crippen LogP contribution < -0.4 is 16.0 Å². The molecule has 0 amide bonds. The van der Waals surface area contributed by atoms with Gasteiger partial charge in [-0.2, -0.15) is 0 Å². The van der Waals surface area contributed by atoms with Gasteiger partial charge < -0.3 is 25.1 Å². The fourth-order valence-electron chi connectivity index (χ4n) is 3.83. The minimum atomic E-state index is -0.0460. The molecule has 1 fully saturated rings. The zero-order chi connectivity index (χ0) is 20.7. The molecule has 3 rings (SSSR count). The van der Waals surface area contributed by atoms with Gasteiger partial charge in [0.05, 0.1) is 6.04 Å². The minimum absolute atomic E-state index is 0. The van der Waals surface area contributed by atoms with E-state index in [2.05, 4.69) is 65.1 Å². The molecule has 2 aromatic rings. The molecule has 1 aromatic heterocycles. The van der Waals surface area contributed by atoms with Gasteiger partial charge in [-0.1, -0.05) is 30.3 Å². The first-order valence-electron chi connectivity index (χ1n) is 10.5. The lowest BCUT2D eigenvalue weighted by Crippen LogP contribution is -2.58. The van der Waals surface area contributed by atoms with Gasteiger partial charge >= 0.3 is 0 Å². The molecule has 3 N–H and O–H groups in total. The monoisotopic (exact) mass is 526 g/mol. The molecule has 6 nitrogen and oxygen atoms in total. The molecule has 0 spiro atoms. The first-order valence-corrected chi connectivity index (χ1v) is 10.5. The van der Waals surface area contributed by atoms with Crippen LogP contribution in [-0.2, 0) is 4.74 Å². The third-order valence-corrected chi connectivity index (χ3v) is 5.63. The number of ether oxygens (including phenoxy) is 1. The van der Waals surface area contributed by atoms with Crippen molar-refractivity contribution in [2.75, 3.05) is 26.8 Å². The van der Waals surface area contributed by atoms with E-state index in [0.29, 0.717) is 0 Å². The van der Waals surface area contributed by atoms with Crippen molar-refractivity contribution in [3.05, 3.63) is 59.5 Å². The Morgan fingerprint density at radius 2 is 1.77 bits per heavy atom. The van der Waals surface area contributed by atoms with E-state index in [1.807, 2.05) is 19.1 Å². The van der Waals surface area contributed by atoms with Crippen LogP contribution in [0.5, 0.6) is 0 Å². The summed E-state index contributed by atoms with van der Waals surface area (Å²) < 4.78 is 11.4. The topological polar surface area (TPSA) is 70.8 Å². The molecule has 1 saturated heterocycles. The van der Waals surface area contributed by atoms with E-state index in [1.165, 1.54) is 5.56 Å². The van der Waals surface area contributed by atoms with Crippen LogP contribution >= 0.6 is 24.0 Å². The summed E-state index contributed by atoms with van der Waals surface area (Å²) in [4.78, 5) is 4.41. The largest absolute Gasteiger partial charge is 0.464 e. The highest BCUT2D eigenvalue weighted by molar-refractivity contribution is 14.0. The highest BCUT2D eigenvalue weighted by Crippen LogP contribution is 2.25. The Morgan fingerprint density at radius 3 is 2.37 bits per heavy atom. The smallest absolute Gasteiger partial charge is 0.191 e. The Labute approximate surface area is 197 Å². The molecule has 2 heterocycles. The Hall–Kier alpha value is -1.58. The molecule has 0 aliphatic carbocycles. The molecular weight excluding hydrogens is 491 g/mol. The van der Waals surface area contributed by atoms with Gasteiger partial charge in [-0.15, -0.1) is 24.0 Å². The van der Waals surface area contributed by atoms with Crippen molar-refractivity contribution < 1.29 is 9.15 Å². The van der Waals surface area contributed by atoms with Gasteiger partial charge in [0.2, 0.25) is 0 Å². The number of aryl methyl sites for hydroxylation is 1. The maximum atomic E-state index is 5.73. The van der Waals surface area contributed by atoms with E-state index in [4.69, 9.17) is 9.15 Å². The van der Waals surface area contributed by atoms with Crippen molar-refractivity contribution in [1.29, 1.82) is 0 Å². The predicted octanol–water partition coefficient (Wildman–Crippen LogP) is 4.33. The van der Waals surface area contributed by atoms with E-state index in [-0.39, 0.29) is 41.6 Å². The second kappa shape index (κ2) is 11.7. The number of aliphatic imine (C=N–C) groups is 1. The Kier molecular flexibility index (Phi) is 9.64. The first kappa shape index (κ1) is 24.7. The summed E-state index contributed by atoms with van der Waals surface area (Å²) in [7, 11) is 1.80. The quantitative estimate of drug-likeness (QED) is 0.285. The average Bonchev–Trinajstić information content (AvgIpc) is 3.19. The Morgan fingerprint density at radius 1 is 1.07 bits per heavy atom. The van der Waals surface area contributed by atoms with Crippen LogP contribution in [0.1, 0.15) is 55.9 Å².